The minimum Gasteiger partial charge on any atom is -0.379 e. The molecule has 7 heteroatoms. The van der Waals surface area contributed by atoms with Gasteiger partial charge in [0.15, 0.2) is 11.1 Å². The number of nitrogens with zero attached hydrogens (tertiary/aromatic N) is 5. The molecular formula is C31H29N5O2. The second-order valence-electron chi connectivity index (χ2n) is 9.42. The van der Waals surface area contributed by atoms with Crippen molar-refractivity contribution in [1.82, 2.24) is 9.80 Å². The van der Waals surface area contributed by atoms with E-state index in [4.69, 9.17) is 9.47 Å². The van der Waals surface area contributed by atoms with Gasteiger partial charge in [0.1, 0.15) is 0 Å². The standard InChI is InChI=1S/C31H29N5O2/c32-22-27-28(30(23-33,25-8-3-1-4-9-25)35-14-18-37-19-15-35)12-7-13-29(27)31(24-34,26-10-5-2-6-11-26)36-16-20-38-21-17-36/h1-13H,14-21H2. The highest BCUT2D eigenvalue weighted by atomic mass is 16.5. The van der Waals surface area contributed by atoms with E-state index in [1.54, 1.807) is 0 Å². The third-order valence-corrected chi connectivity index (χ3v) is 7.63. The minimum atomic E-state index is -1.23. The highest BCUT2D eigenvalue weighted by Crippen LogP contribution is 2.44. The third-order valence-electron chi connectivity index (χ3n) is 7.63. The van der Waals surface area contributed by atoms with Crippen molar-refractivity contribution in [1.29, 1.82) is 15.8 Å². The highest BCUT2D eigenvalue weighted by molar-refractivity contribution is 5.61. The number of hydrogen-bond donors (Lipinski definition) is 0. The van der Waals surface area contributed by atoms with Gasteiger partial charge in [-0.25, -0.2) is 0 Å². The van der Waals surface area contributed by atoms with Crippen LogP contribution in [0.15, 0.2) is 78.9 Å². The van der Waals surface area contributed by atoms with Gasteiger partial charge in [-0.3, -0.25) is 9.80 Å². The predicted octanol–water partition coefficient (Wildman–Crippen LogP) is 3.76. The molecule has 2 fully saturated rings. The van der Waals surface area contributed by atoms with Crippen molar-refractivity contribution in [2.24, 2.45) is 0 Å². The molecule has 5 rings (SSSR count). The first-order chi connectivity index (χ1) is 18.7. The molecule has 0 N–H and O–H groups in total. The first-order valence-electron chi connectivity index (χ1n) is 12.9. The molecule has 0 bridgehead atoms. The van der Waals surface area contributed by atoms with E-state index in [0.717, 1.165) is 11.1 Å². The van der Waals surface area contributed by atoms with Gasteiger partial charge >= 0.3 is 0 Å². The maximum Gasteiger partial charge on any atom is 0.161 e. The lowest BCUT2D eigenvalue weighted by atomic mass is 9.73. The SMILES string of the molecule is N#Cc1c(C(C#N)(c2ccccc2)N2CCOCC2)cccc1C(C#N)(c1ccccc1)N1CCOCC1. The van der Waals surface area contributed by atoms with Gasteiger partial charge in [-0.2, -0.15) is 15.8 Å². The lowest BCUT2D eigenvalue weighted by Gasteiger charge is -2.44. The van der Waals surface area contributed by atoms with Crippen molar-refractivity contribution in [2.45, 2.75) is 11.1 Å². The van der Waals surface area contributed by atoms with Gasteiger partial charge in [0.25, 0.3) is 0 Å². The van der Waals surface area contributed by atoms with Crippen LogP contribution in [0.3, 0.4) is 0 Å². The topological polar surface area (TPSA) is 96.3 Å². The Kier molecular flexibility index (Phi) is 7.52. The van der Waals surface area contributed by atoms with Gasteiger partial charge < -0.3 is 9.47 Å². The lowest BCUT2D eigenvalue weighted by molar-refractivity contribution is 0.00473. The van der Waals surface area contributed by atoms with Crippen LogP contribution in [0.4, 0.5) is 0 Å². The molecule has 38 heavy (non-hydrogen) atoms. The summed E-state index contributed by atoms with van der Waals surface area (Å²) >= 11 is 0. The Bertz CT molecular complexity index is 1280. The molecule has 0 spiro atoms. The van der Waals surface area contributed by atoms with Crippen LogP contribution in [-0.4, -0.2) is 62.4 Å². The van der Waals surface area contributed by atoms with Gasteiger partial charge in [-0.1, -0.05) is 78.9 Å². The van der Waals surface area contributed by atoms with Crippen molar-refractivity contribution in [3.63, 3.8) is 0 Å². The van der Waals surface area contributed by atoms with E-state index < -0.39 is 11.1 Å². The summed E-state index contributed by atoms with van der Waals surface area (Å²) in [5.74, 6) is 0. The predicted molar refractivity (Wildman–Crippen MR) is 142 cm³/mol. The number of nitriles is 3. The first-order valence-corrected chi connectivity index (χ1v) is 12.9. The minimum absolute atomic E-state index is 0.348. The van der Waals surface area contributed by atoms with Gasteiger partial charge in [0.2, 0.25) is 0 Å². The number of hydrogen-bond acceptors (Lipinski definition) is 7. The molecule has 2 heterocycles. The molecule has 0 aliphatic carbocycles. The van der Waals surface area contributed by atoms with Crippen LogP contribution in [0, 0.1) is 34.0 Å². The smallest absolute Gasteiger partial charge is 0.161 e. The average Bonchev–Trinajstić information content (AvgIpc) is 3.01. The first kappa shape index (κ1) is 25.6. The molecule has 0 amide bonds. The number of rotatable bonds is 6. The van der Waals surface area contributed by atoms with Crippen LogP contribution in [-0.2, 0) is 20.6 Å². The Labute approximate surface area is 223 Å². The lowest BCUT2D eigenvalue weighted by Crippen LogP contribution is -2.53. The van der Waals surface area contributed by atoms with Crippen LogP contribution in [0.5, 0.6) is 0 Å². The summed E-state index contributed by atoms with van der Waals surface area (Å²) in [5.41, 5.74) is 0.623. The average molecular weight is 504 g/mol. The van der Waals surface area contributed by atoms with Crippen molar-refractivity contribution in [3.05, 3.63) is 107 Å². The number of ether oxygens (including phenoxy) is 2. The zero-order valence-electron chi connectivity index (χ0n) is 21.2. The summed E-state index contributed by atoms with van der Waals surface area (Å²) in [4.78, 5) is 4.19. The molecule has 2 atom stereocenters. The van der Waals surface area contributed by atoms with Crippen LogP contribution in [0.25, 0.3) is 0 Å². The van der Waals surface area contributed by atoms with Gasteiger partial charge in [-0.05, 0) is 11.1 Å². The third kappa shape index (κ3) is 4.15. The molecule has 7 nitrogen and oxygen atoms in total. The Balaban J connectivity index is 1.81. The Morgan fingerprint density at radius 1 is 0.553 bits per heavy atom. The van der Waals surface area contributed by atoms with E-state index in [9.17, 15) is 15.8 Å². The normalized spacial score (nSPS) is 19.7. The van der Waals surface area contributed by atoms with Crippen LogP contribution in [0.2, 0.25) is 0 Å². The Morgan fingerprint density at radius 3 is 1.29 bits per heavy atom. The summed E-state index contributed by atoms with van der Waals surface area (Å²) in [7, 11) is 0. The van der Waals surface area contributed by atoms with Crippen LogP contribution in [0.1, 0.15) is 27.8 Å². The fourth-order valence-electron chi connectivity index (χ4n) is 5.84. The molecule has 2 unspecified atom stereocenters. The summed E-state index contributed by atoms with van der Waals surface area (Å²) in [6.45, 7) is 4.17. The summed E-state index contributed by atoms with van der Waals surface area (Å²) in [6, 6.07) is 32.5. The molecule has 0 aromatic heterocycles. The molecule has 3 aromatic rings. The molecule has 2 aliphatic heterocycles. The van der Waals surface area contributed by atoms with Gasteiger partial charge in [-0.15, -0.1) is 0 Å². The monoisotopic (exact) mass is 503 g/mol. The van der Waals surface area contributed by atoms with Crippen LogP contribution < -0.4 is 0 Å². The molecular weight excluding hydrogens is 474 g/mol. The molecule has 0 radical (unpaired) electrons. The molecule has 3 aromatic carbocycles. The maximum absolute atomic E-state index is 10.9. The van der Waals surface area contributed by atoms with E-state index in [1.807, 2.05) is 78.9 Å². The van der Waals surface area contributed by atoms with E-state index >= 15 is 0 Å². The molecule has 2 aliphatic rings. The maximum atomic E-state index is 10.9. The van der Waals surface area contributed by atoms with E-state index in [2.05, 4.69) is 28.0 Å². The fraction of sp³-hybridized carbons (Fsp3) is 0.323. The van der Waals surface area contributed by atoms with E-state index in [1.165, 1.54) is 0 Å². The van der Waals surface area contributed by atoms with E-state index in [-0.39, 0.29) is 0 Å². The summed E-state index contributed by atoms with van der Waals surface area (Å²) < 4.78 is 11.2. The van der Waals surface area contributed by atoms with Gasteiger partial charge in [0, 0.05) is 37.3 Å². The largest absolute Gasteiger partial charge is 0.379 e. The fourth-order valence-corrected chi connectivity index (χ4v) is 5.84. The molecule has 2 saturated heterocycles. The number of morpholine rings is 2. The Hall–Kier alpha value is -4.03. The van der Waals surface area contributed by atoms with Gasteiger partial charge in [0.05, 0.1) is 50.2 Å². The zero-order chi connectivity index (χ0) is 26.4. The summed E-state index contributed by atoms with van der Waals surface area (Å²) in [5, 5.41) is 32.6. The van der Waals surface area contributed by atoms with Crippen molar-refractivity contribution < 1.29 is 9.47 Å². The highest BCUT2D eigenvalue weighted by Gasteiger charge is 2.48. The zero-order valence-corrected chi connectivity index (χ0v) is 21.2. The number of benzene rings is 3. The second kappa shape index (κ2) is 11.2. The molecule has 0 saturated carbocycles. The van der Waals surface area contributed by atoms with E-state index in [0.29, 0.717) is 69.3 Å². The second-order valence-corrected chi connectivity index (χ2v) is 9.42. The quantitative estimate of drug-likeness (QED) is 0.505. The molecule has 190 valence electrons. The van der Waals surface area contributed by atoms with Crippen LogP contribution >= 0.6 is 0 Å². The van der Waals surface area contributed by atoms with Crippen molar-refractivity contribution in [3.8, 4) is 18.2 Å². The van der Waals surface area contributed by atoms with Crippen molar-refractivity contribution in [2.75, 3.05) is 52.6 Å². The Morgan fingerprint density at radius 2 is 0.947 bits per heavy atom. The van der Waals surface area contributed by atoms with Crippen molar-refractivity contribution >= 4 is 0 Å². The summed E-state index contributed by atoms with van der Waals surface area (Å²) in [6.07, 6.45) is 0.